The molecule has 0 radical (unpaired) electrons. The molecule has 0 aliphatic heterocycles. The Hall–Kier alpha value is -0.870. The van der Waals surface area contributed by atoms with Gasteiger partial charge in [-0.3, -0.25) is 0 Å². The Balaban J connectivity index is 3.54. The molecular weight excluding hydrogens is 436 g/mol. The lowest BCUT2D eigenvalue weighted by Crippen LogP contribution is -2.28. The summed E-state index contributed by atoms with van der Waals surface area (Å²) in [5.74, 6) is 2.53. The van der Waals surface area contributed by atoms with Crippen LogP contribution in [0.15, 0.2) is 5.76 Å². The molecule has 0 rings (SSSR count). The highest BCUT2D eigenvalue weighted by atomic mass is 16.5. The molecule has 0 unspecified atom stereocenters. The minimum Gasteiger partial charge on any atom is -0.487 e. The Kier molecular flexibility index (Phi) is 28.6. The molecule has 5 nitrogen and oxygen atoms in total. The van der Waals surface area contributed by atoms with Gasteiger partial charge >= 0.3 is 0 Å². The molecule has 0 aliphatic carbocycles. The minimum absolute atomic E-state index is 0.283. The van der Waals surface area contributed by atoms with Crippen LogP contribution in [0.1, 0.15) is 142 Å². The molecular formula is C30H60N2O3. The van der Waals surface area contributed by atoms with Crippen LogP contribution in [-0.2, 0) is 9.53 Å². The average molecular weight is 497 g/mol. The van der Waals surface area contributed by atoms with Crippen molar-refractivity contribution in [2.75, 3.05) is 39.4 Å². The van der Waals surface area contributed by atoms with Crippen molar-refractivity contribution in [1.29, 1.82) is 0 Å². The molecule has 5 heteroatoms. The largest absolute Gasteiger partial charge is 0.487 e. The number of aliphatic hydroxyl groups excluding tert-OH is 1. The zero-order valence-corrected chi connectivity index (χ0v) is 23.4. The maximum atomic E-state index is 11.2. The predicted molar refractivity (Wildman–Crippen MR) is 150 cm³/mol. The van der Waals surface area contributed by atoms with E-state index in [0.717, 1.165) is 71.1 Å². The Bertz CT molecular complexity index is 467. The topological polar surface area (TPSA) is 75.8 Å². The molecule has 0 aliphatic rings. The van der Waals surface area contributed by atoms with E-state index < -0.39 is 0 Å². The van der Waals surface area contributed by atoms with Crippen molar-refractivity contribution in [3.8, 4) is 0 Å². The van der Waals surface area contributed by atoms with Crippen LogP contribution >= 0.6 is 0 Å². The van der Waals surface area contributed by atoms with E-state index in [1.54, 1.807) is 0 Å². The SMILES string of the molecule is CCCCCCCCCCCCCCOC(=C=O)CCCCCCCN(CCCN)CCCCO. The van der Waals surface area contributed by atoms with E-state index in [1.165, 1.54) is 89.9 Å². The quantitative estimate of drug-likeness (QED) is 0.0651. The lowest BCUT2D eigenvalue weighted by molar-refractivity contribution is 0.197. The number of allylic oxidation sites excluding steroid dienone is 1. The van der Waals surface area contributed by atoms with E-state index in [9.17, 15) is 4.79 Å². The number of carbonyl (C=O) groups excluding carboxylic acids is 1. The lowest BCUT2D eigenvalue weighted by atomic mass is 10.1. The fourth-order valence-corrected chi connectivity index (χ4v) is 4.54. The summed E-state index contributed by atoms with van der Waals surface area (Å²) in [5.41, 5.74) is 5.66. The van der Waals surface area contributed by atoms with Gasteiger partial charge in [-0.25, -0.2) is 4.79 Å². The van der Waals surface area contributed by atoms with Crippen LogP contribution in [0.4, 0.5) is 0 Å². The molecule has 3 N–H and O–H groups in total. The number of aliphatic hydroxyl groups is 1. The second kappa shape index (κ2) is 29.4. The first-order valence-electron chi connectivity index (χ1n) is 15.2. The van der Waals surface area contributed by atoms with Crippen LogP contribution in [0, 0.1) is 0 Å². The van der Waals surface area contributed by atoms with E-state index in [2.05, 4.69) is 11.8 Å². The van der Waals surface area contributed by atoms with Crippen LogP contribution < -0.4 is 5.73 Å². The molecule has 0 fully saturated rings. The molecule has 0 saturated heterocycles. The standard InChI is InChI=1S/C30H60N2O3/c1-2-3-4-5-6-7-8-9-10-11-15-20-28-35-30(29-34)22-16-13-12-14-17-24-32(26-21-23-31)25-18-19-27-33/h33H,2-28,31H2,1H3. The van der Waals surface area contributed by atoms with Gasteiger partial charge in [0.2, 0.25) is 0 Å². The van der Waals surface area contributed by atoms with Crippen molar-refractivity contribution in [3.05, 3.63) is 5.76 Å². The van der Waals surface area contributed by atoms with Crippen molar-refractivity contribution in [1.82, 2.24) is 4.90 Å². The summed E-state index contributed by atoms with van der Waals surface area (Å²) >= 11 is 0. The Morgan fingerprint density at radius 1 is 0.686 bits per heavy atom. The van der Waals surface area contributed by atoms with Gasteiger partial charge in [0.25, 0.3) is 0 Å². The highest BCUT2D eigenvalue weighted by Gasteiger charge is 2.05. The van der Waals surface area contributed by atoms with Gasteiger partial charge in [0.05, 0.1) is 6.61 Å². The monoisotopic (exact) mass is 496 g/mol. The summed E-state index contributed by atoms with van der Waals surface area (Å²) in [7, 11) is 0. The second-order valence-corrected chi connectivity index (χ2v) is 10.2. The molecule has 35 heavy (non-hydrogen) atoms. The Morgan fingerprint density at radius 2 is 1.17 bits per heavy atom. The maximum absolute atomic E-state index is 11.2. The van der Waals surface area contributed by atoms with Gasteiger partial charge in [-0.2, -0.15) is 0 Å². The molecule has 0 saturated carbocycles. The number of hydrogen-bond donors (Lipinski definition) is 2. The summed E-state index contributed by atoms with van der Waals surface area (Å²) in [5, 5.41) is 8.97. The maximum Gasteiger partial charge on any atom is 0.179 e. The van der Waals surface area contributed by atoms with Gasteiger partial charge in [0.15, 0.2) is 11.7 Å². The van der Waals surface area contributed by atoms with Crippen LogP contribution in [0.2, 0.25) is 0 Å². The summed E-state index contributed by atoms with van der Waals surface area (Å²) in [6, 6.07) is 0. The third-order valence-electron chi connectivity index (χ3n) is 6.83. The number of hydrogen-bond acceptors (Lipinski definition) is 5. The minimum atomic E-state index is 0.283. The fourth-order valence-electron chi connectivity index (χ4n) is 4.54. The smallest absolute Gasteiger partial charge is 0.179 e. The summed E-state index contributed by atoms with van der Waals surface area (Å²) in [4.78, 5) is 13.7. The molecule has 0 amide bonds. The molecule has 0 atom stereocenters. The van der Waals surface area contributed by atoms with Gasteiger partial charge in [-0.05, 0) is 64.7 Å². The van der Waals surface area contributed by atoms with Crippen LogP contribution in [0.5, 0.6) is 0 Å². The predicted octanol–water partition coefficient (Wildman–Crippen LogP) is 7.18. The van der Waals surface area contributed by atoms with Gasteiger partial charge in [0, 0.05) is 13.0 Å². The molecule has 0 heterocycles. The van der Waals surface area contributed by atoms with Crippen molar-refractivity contribution >= 4 is 5.94 Å². The second-order valence-electron chi connectivity index (χ2n) is 10.2. The Morgan fingerprint density at radius 3 is 1.71 bits per heavy atom. The van der Waals surface area contributed by atoms with Gasteiger partial charge in [0.1, 0.15) is 0 Å². The van der Waals surface area contributed by atoms with E-state index in [0.29, 0.717) is 12.4 Å². The fraction of sp³-hybridized carbons (Fsp3) is 0.933. The van der Waals surface area contributed by atoms with Crippen LogP contribution in [-0.4, -0.2) is 55.3 Å². The number of rotatable bonds is 29. The zero-order valence-electron chi connectivity index (χ0n) is 23.4. The first-order chi connectivity index (χ1) is 17.3. The Labute approximate surface area is 218 Å². The highest BCUT2D eigenvalue weighted by molar-refractivity contribution is 5.49. The average Bonchev–Trinajstić information content (AvgIpc) is 2.87. The highest BCUT2D eigenvalue weighted by Crippen LogP contribution is 2.14. The van der Waals surface area contributed by atoms with E-state index >= 15 is 0 Å². The zero-order chi connectivity index (χ0) is 25.7. The molecule has 0 aromatic heterocycles. The summed E-state index contributed by atoms with van der Waals surface area (Å²) in [6.45, 7) is 7.20. The van der Waals surface area contributed by atoms with Crippen molar-refractivity contribution in [2.24, 2.45) is 5.73 Å². The molecule has 0 aromatic rings. The first kappa shape index (κ1) is 34.1. The third kappa shape index (κ3) is 26.0. The van der Waals surface area contributed by atoms with Crippen molar-refractivity contribution < 1.29 is 14.6 Å². The first-order valence-corrected chi connectivity index (χ1v) is 15.2. The van der Waals surface area contributed by atoms with Gasteiger partial charge < -0.3 is 20.5 Å². The van der Waals surface area contributed by atoms with E-state index in [-0.39, 0.29) is 6.61 Å². The molecule has 0 bridgehead atoms. The normalized spacial score (nSPS) is 11.2. The van der Waals surface area contributed by atoms with E-state index in [4.69, 9.17) is 15.6 Å². The third-order valence-corrected chi connectivity index (χ3v) is 6.83. The summed E-state index contributed by atoms with van der Waals surface area (Å²) < 4.78 is 5.68. The molecule has 0 aromatic carbocycles. The van der Waals surface area contributed by atoms with Crippen LogP contribution in [0.3, 0.4) is 0 Å². The van der Waals surface area contributed by atoms with Gasteiger partial charge in [-0.1, -0.05) is 96.8 Å². The van der Waals surface area contributed by atoms with Crippen LogP contribution in [0.25, 0.3) is 0 Å². The molecule has 208 valence electrons. The number of nitrogens with two attached hydrogens (primary N) is 1. The number of ether oxygens (including phenoxy) is 1. The van der Waals surface area contributed by atoms with Crippen molar-refractivity contribution in [2.45, 2.75) is 142 Å². The lowest BCUT2D eigenvalue weighted by Gasteiger charge is -2.21. The molecule has 0 spiro atoms. The van der Waals surface area contributed by atoms with Crippen molar-refractivity contribution in [3.63, 3.8) is 0 Å². The number of unbranched alkanes of at least 4 members (excludes halogenated alkanes) is 16. The van der Waals surface area contributed by atoms with E-state index in [1.807, 2.05) is 5.94 Å². The number of nitrogens with zero attached hydrogens (tertiary/aromatic N) is 1. The summed E-state index contributed by atoms with van der Waals surface area (Å²) in [6.07, 6.45) is 25.5. The van der Waals surface area contributed by atoms with Gasteiger partial charge in [-0.15, -0.1) is 0 Å².